The van der Waals surface area contributed by atoms with Gasteiger partial charge in [-0.15, -0.1) is 0 Å². The Balaban J connectivity index is 2.18. The Morgan fingerprint density at radius 1 is 1.47 bits per heavy atom. The molecule has 0 bridgehead atoms. The van der Waals surface area contributed by atoms with Gasteiger partial charge < -0.3 is 0 Å². The van der Waals surface area contributed by atoms with Crippen molar-refractivity contribution in [2.75, 3.05) is 0 Å². The molecular formula is C11H11BrClN3O2S. The molecule has 19 heavy (non-hydrogen) atoms. The number of aryl methyl sites for hydroxylation is 1. The largest absolute Gasteiger partial charge is 0.283 e. The van der Waals surface area contributed by atoms with E-state index in [9.17, 15) is 8.42 Å². The average Bonchev–Trinajstić information content (AvgIpc) is 2.76. The summed E-state index contributed by atoms with van der Waals surface area (Å²) in [5.41, 5.74) is 1.64. The molecule has 0 aliphatic rings. The lowest BCUT2D eigenvalue weighted by Gasteiger charge is -2.07. The van der Waals surface area contributed by atoms with Gasteiger partial charge in [0.25, 0.3) is 0 Å². The van der Waals surface area contributed by atoms with E-state index in [-0.39, 0.29) is 11.4 Å². The molecule has 1 aromatic heterocycles. The van der Waals surface area contributed by atoms with Gasteiger partial charge in [0.05, 0.1) is 16.1 Å². The van der Waals surface area contributed by atoms with Gasteiger partial charge in [0, 0.05) is 22.3 Å². The third-order valence-corrected chi connectivity index (χ3v) is 5.20. The zero-order valence-electron chi connectivity index (χ0n) is 9.94. The number of rotatable bonds is 4. The van der Waals surface area contributed by atoms with Crippen LogP contribution in [0.3, 0.4) is 0 Å². The van der Waals surface area contributed by atoms with Crippen LogP contribution in [0.4, 0.5) is 0 Å². The summed E-state index contributed by atoms with van der Waals surface area (Å²) in [7, 11) is -3.57. The first kappa shape index (κ1) is 14.5. The van der Waals surface area contributed by atoms with Gasteiger partial charge in [0.1, 0.15) is 0 Å². The van der Waals surface area contributed by atoms with E-state index >= 15 is 0 Å². The molecule has 0 saturated carbocycles. The molecule has 0 saturated heterocycles. The van der Waals surface area contributed by atoms with E-state index in [4.69, 9.17) is 11.6 Å². The maximum Gasteiger partial charge on any atom is 0.240 e. The van der Waals surface area contributed by atoms with E-state index < -0.39 is 10.0 Å². The monoisotopic (exact) mass is 363 g/mol. The Bertz CT molecular complexity index is 700. The molecule has 0 aliphatic heterocycles. The number of benzene rings is 1. The molecule has 0 amide bonds. The Hall–Kier alpha value is -0.890. The van der Waals surface area contributed by atoms with Crippen LogP contribution in [-0.4, -0.2) is 18.6 Å². The molecule has 5 nitrogen and oxygen atoms in total. The molecule has 0 spiro atoms. The minimum atomic E-state index is -3.57. The third kappa shape index (κ3) is 3.36. The second kappa shape index (κ2) is 5.62. The van der Waals surface area contributed by atoms with Crippen molar-refractivity contribution in [2.45, 2.75) is 18.4 Å². The number of hydrogen-bond donors (Lipinski definition) is 2. The Morgan fingerprint density at radius 2 is 2.21 bits per heavy atom. The van der Waals surface area contributed by atoms with Gasteiger partial charge in [-0.1, -0.05) is 11.6 Å². The van der Waals surface area contributed by atoms with Crippen LogP contribution in [0.5, 0.6) is 0 Å². The van der Waals surface area contributed by atoms with Crippen LogP contribution in [0, 0.1) is 6.92 Å². The van der Waals surface area contributed by atoms with Gasteiger partial charge in [-0.25, -0.2) is 13.1 Å². The second-order valence-electron chi connectivity index (χ2n) is 3.92. The summed E-state index contributed by atoms with van der Waals surface area (Å²) in [5, 5.41) is 7.05. The Kier molecular flexibility index (Phi) is 4.29. The first-order valence-electron chi connectivity index (χ1n) is 5.34. The van der Waals surface area contributed by atoms with Crippen molar-refractivity contribution in [1.29, 1.82) is 0 Å². The Labute approximate surface area is 124 Å². The van der Waals surface area contributed by atoms with E-state index in [1.54, 1.807) is 6.20 Å². The minimum Gasteiger partial charge on any atom is -0.283 e. The summed E-state index contributed by atoms with van der Waals surface area (Å²) in [6.07, 6.45) is 1.59. The predicted octanol–water partition coefficient (Wildman–Crippen LogP) is 2.61. The molecule has 8 heteroatoms. The number of hydrogen-bond acceptors (Lipinski definition) is 3. The van der Waals surface area contributed by atoms with Gasteiger partial charge in [-0.2, -0.15) is 5.10 Å². The molecule has 1 heterocycles. The zero-order chi connectivity index (χ0) is 14.0. The van der Waals surface area contributed by atoms with Gasteiger partial charge in [-0.3, -0.25) is 5.10 Å². The summed E-state index contributed by atoms with van der Waals surface area (Å²) in [5.74, 6) is 0. The molecule has 102 valence electrons. The number of halogens is 2. The molecule has 0 aliphatic carbocycles. The smallest absolute Gasteiger partial charge is 0.240 e. The SMILES string of the molecule is Cc1[nH]ncc1CNS(=O)(=O)c1ccc(Cl)c(Br)c1. The van der Waals surface area contributed by atoms with Crippen LogP contribution in [0.25, 0.3) is 0 Å². The van der Waals surface area contributed by atoms with E-state index in [1.165, 1.54) is 18.2 Å². The van der Waals surface area contributed by atoms with Gasteiger partial charge in [0.2, 0.25) is 10.0 Å². The van der Waals surface area contributed by atoms with Crippen molar-refractivity contribution in [3.8, 4) is 0 Å². The van der Waals surface area contributed by atoms with Crippen molar-refractivity contribution < 1.29 is 8.42 Å². The molecule has 1 aromatic carbocycles. The molecule has 0 atom stereocenters. The highest BCUT2D eigenvalue weighted by atomic mass is 79.9. The van der Waals surface area contributed by atoms with Crippen LogP contribution in [0.2, 0.25) is 5.02 Å². The number of sulfonamides is 1. The van der Waals surface area contributed by atoms with Crippen molar-refractivity contribution in [2.24, 2.45) is 0 Å². The van der Waals surface area contributed by atoms with Crippen molar-refractivity contribution >= 4 is 37.6 Å². The molecule has 0 radical (unpaired) electrons. The quantitative estimate of drug-likeness (QED) is 0.875. The number of H-pyrrole nitrogens is 1. The molecule has 0 fully saturated rings. The molecule has 2 aromatic rings. The lowest BCUT2D eigenvalue weighted by Crippen LogP contribution is -2.23. The lowest BCUT2D eigenvalue weighted by molar-refractivity contribution is 0.581. The normalized spacial score (nSPS) is 11.7. The summed E-state index contributed by atoms with van der Waals surface area (Å²) < 4.78 is 27.2. The lowest BCUT2D eigenvalue weighted by atomic mass is 10.3. The van der Waals surface area contributed by atoms with Crippen molar-refractivity contribution in [3.05, 3.63) is 45.1 Å². The maximum atomic E-state index is 12.1. The van der Waals surface area contributed by atoms with Crippen LogP contribution >= 0.6 is 27.5 Å². The highest BCUT2D eigenvalue weighted by Gasteiger charge is 2.15. The predicted molar refractivity (Wildman–Crippen MR) is 76.5 cm³/mol. The van der Waals surface area contributed by atoms with Crippen molar-refractivity contribution in [3.63, 3.8) is 0 Å². The van der Waals surface area contributed by atoms with E-state index in [0.29, 0.717) is 9.50 Å². The highest BCUT2D eigenvalue weighted by Crippen LogP contribution is 2.25. The summed E-state index contributed by atoms with van der Waals surface area (Å²) >= 11 is 9.04. The first-order chi connectivity index (χ1) is 8.90. The minimum absolute atomic E-state index is 0.157. The van der Waals surface area contributed by atoms with Crippen LogP contribution < -0.4 is 4.72 Å². The van der Waals surface area contributed by atoms with Crippen LogP contribution in [0.15, 0.2) is 33.8 Å². The van der Waals surface area contributed by atoms with Gasteiger partial charge in [0.15, 0.2) is 0 Å². The molecule has 2 rings (SSSR count). The number of nitrogens with one attached hydrogen (secondary N) is 2. The summed E-state index contributed by atoms with van der Waals surface area (Å²) in [6.45, 7) is 2.01. The fourth-order valence-electron chi connectivity index (χ4n) is 1.45. The fourth-order valence-corrected chi connectivity index (χ4v) is 3.13. The van der Waals surface area contributed by atoms with E-state index in [0.717, 1.165) is 11.3 Å². The number of aromatic nitrogens is 2. The van der Waals surface area contributed by atoms with Gasteiger partial charge in [-0.05, 0) is 41.1 Å². The maximum absolute atomic E-state index is 12.1. The first-order valence-corrected chi connectivity index (χ1v) is 7.99. The summed E-state index contributed by atoms with van der Waals surface area (Å²) in [6, 6.07) is 4.45. The molecule has 2 N–H and O–H groups in total. The van der Waals surface area contributed by atoms with E-state index in [1.807, 2.05) is 6.92 Å². The third-order valence-electron chi connectivity index (χ3n) is 2.59. The highest BCUT2D eigenvalue weighted by molar-refractivity contribution is 9.10. The van der Waals surface area contributed by atoms with E-state index in [2.05, 4.69) is 30.8 Å². The molecule has 0 unspecified atom stereocenters. The summed E-state index contributed by atoms with van der Waals surface area (Å²) in [4.78, 5) is 0.157. The van der Waals surface area contributed by atoms with Crippen LogP contribution in [-0.2, 0) is 16.6 Å². The number of nitrogens with zero attached hydrogens (tertiary/aromatic N) is 1. The standard InChI is InChI=1S/C11H11BrClN3O2S/c1-7-8(5-14-16-7)6-15-19(17,18)9-2-3-11(13)10(12)4-9/h2-5,15H,6H2,1H3,(H,14,16). The topological polar surface area (TPSA) is 74.8 Å². The average molecular weight is 365 g/mol. The fraction of sp³-hybridized carbons (Fsp3) is 0.182. The van der Waals surface area contributed by atoms with Crippen molar-refractivity contribution in [1.82, 2.24) is 14.9 Å². The second-order valence-corrected chi connectivity index (χ2v) is 6.95. The Morgan fingerprint density at radius 3 is 2.79 bits per heavy atom. The van der Waals surface area contributed by atoms with Crippen LogP contribution in [0.1, 0.15) is 11.3 Å². The van der Waals surface area contributed by atoms with Gasteiger partial charge >= 0.3 is 0 Å². The zero-order valence-corrected chi connectivity index (χ0v) is 13.1. The number of aromatic amines is 1. The molecular weight excluding hydrogens is 354 g/mol.